The predicted octanol–water partition coefficient (Wildman–Crippen LogP) is 1.50. The number of furan rings is 1. The molecule has 0 aromatic carbocycles. The summed E-state index contributed by atoms with van der Waals surface area (Å²) in [5.41, 5.74) is -2.92. The van der Waals surface area contributed by atoms with E-state index in [1.54, 1.807) is 25.3 Å². The molecule has 1 saturated carbocycles. The Labute approximate surface area is 155 Å². The van der Waals surface area contributed by atoms with E-state index in [2.05, 4.69) is 0 Å². The molecule has 1 aromatic rings. The molecule has 144 valence electrons. The largest absolute Gasteiger partial charge is 0.472 e. The van der Waals surface area contributed by atoms with Gasteiger partial charge in [-0.3, -0.25) is 4.79 Å². The molecule has 8 atom stereocenters. The first-order chi connectivity index (χ1) is 12.7. The first kappa shape index (κ1) is 17.0. The number of hydrogen-bond acceptors (Lipinski definition) is 7. The van der Waals surface area contributed by atoms with Gasteiger partial charge in [-0.1, -0.05) is 13.8 Å². The molecule has 3 fully saturated rings. The van der Waals surface area contributed by atoms with Crippen LogP contribution in [0.15, 0.2) is 35.2 Å². The number of cyclic esters (lactones) is 1. The molecule has 0 spiro atoms. The van der Waals surface area contributed by atoms with Crippen molar-refractivity contribution in [3.05, 3.63) is 36.3 Å². The van der Waals surface area contributed by atoms with Crippen molar-refractivity contribution in [2.75, 3.05) is 0 Å². The maximum atomic E-state index is 12.9. The second-order valence-electron chi connectivity index (χ2n) is 8.75. The lowest BCUT2D eigenvalue weighted by atomic mass is 9.41. The molecule has 2 aliphatic carbocycles. The van der Waals surface area contributed by atoms with Gasteiger partial charge in [-0.25, -0.2) is 4.79 Å². The third-order valence-electron chi connectivity index (χ3n) is 7.62. The second kappa shape index (κ2) is 5.02. The van der Waals surface area contributed by atoms with Crippen molar-refractivity contribution in [1.82, 2.24) is 0 Å². The maximum Gasteiger partial charge on any atom is 0.343 e. The van der Waals surface area contributed by atoms with Crippen LogP contribution in [0, 0.1) is 22.7 Å². The molecule has 0 radical (unpaired) electrons. The highest BCUT2D eigenvalue weighted by atomic mass is 16.6. The van der Waals surface area contributed by atoms with Gasteiger partial charge < -0.3 is 24.1 Å². The van der Waals surface area contributed by atoms with Crippen molar-refractivity contribution in [3.8, 4) is 0 Å². The third-order valence-corrected chi connectivity index (χ3v) is 7.62. The van der Waals surface area contributed by atoms with Crippen LogP contribution in [-0.4, -0.2) is 40.0 Å². The van der Waals surface area contributed by atoms with Crippen molar-refractivity contribution in [1.29, 1.82) is 0 Å². The van der Waals surface area contributed by atoms with Crippen LogP contribution in [-0.2, 0) is 19.1 Å². The highest BCUT2D eigenvalue weighted by Gasteiger charge is 2.75. The van der Waals surface area contributed by atoms with E-state index in [0.717, 1.165) is 5.56 Å². The lowest BCUT2D eigenvalue weighted by Crippen LogP contribution is -2.76. The lowest BCUT2D eigenvalue weighted by molar-refractivity contribution is -0.284. The Bertz CT molecular complexity index is 845. The average Bonchev–Trinajstić information content (AvgIpc) is 3.14. The summed E-state index contributed by atoms with van der Waals surface area (Å²) in [5.74, 6) is -2.07. The zero-order chi connectivity index (χ0) is 19.2. The van der Waals surface area contributed by atoms with E-state index in [0.29, 0.717) is 6.42 Å². The van der Waals surface area contributed by atoms with E-state index in [-0.39, 0.29) is 12.4 Å². The molecule has 3 aliphatic heterocycles. The predicted molar refractivity (Wildman–Crippen MR) is 89.9 cm³/mol. The first-order valence-electron chi connectivity index (χ1n) is 9.25. The molecule has 4 heterocycles. The fourth-order valence-electron chi connectivity index (χ4n) is 6.13. The zero-order valence-electron chi connectivity index (χ0n) is 15.1. The van der Waals surface area contributed by atoms with E-state index < -0.39 is 52.5 Å². The van der Waals surface area contributed by atoms with E-state index >= 15 is 0 Å². The van der Waals surface area contributed by atoms with Crippen molar-refractivity contribution in [2.45, 2.75) is 50.6 Å². The highest BCUT2D eigenvalue weighted by Crippen LogP contribution is 2.67. The van der Waals surface area contributed by atoms with Crippen molar-refractivity contribution >= 4 is 11.9 Å². The molecular formula is C20H22O7. The number of aliphatic hydroxyl groups excluding tert-OH is 1. The summed E-state index contributed by atoms with van der Waals surface area (Å²) >= 11 is 0. The second-order valence-corrected chi connectivity index (χ2v) is 8.75. The van der Waals surface area contributed by atoms with Gasteiger partial charge >= 0.3 is 11.9 Å². The van der Waals surface area contributed by atoms with E-state index in [1.807, 2.05) is 6.92 Å². The van der Waals surface area contributed by atoms with Crippen LogP contribution < -0.4 is 0 Å². The van der Waals surface area contributed by atoms with E-state index in [4.69, 9.17) is 13.9 Å². The number of rotatable bonds is 1. The number of ether oxygens (including phenoxy) is 2. The zero-order valence-corrected chi connectivity index (χ0v) is 15.1. The summed E-state index contributed by atoms with van der Waals surface area (Å²) < 4.78 is 16.3. The van der Waals surface area contributed by atoms with Gasteiger partial charge in [0.2, 0.25) is 0 Å². The van der Waals surface area contributed by atoms with Crippen LogP contribution in [0.1, 0.15) is 38.4 Å². The Kier molecular flexibility index (Phi) is 3.17. The number of esters is 2. The Balaban J connectivity index is 1.64. The molecular weight excluding hydrogens is 352 g/mol. The van der Waals surface area contributed by atoms with Crippen LogP contribution in [0.4, 0.5) is 0 Å². The Morgan fingerprint density at radius 3 is 2.67 bits per heavy atom. The summed E-state index contributed by atoms with van der Waals surface area (Å²) in [5, 5.41) is 22.1. The van der Waals surface area contributed by atoms with Gasteiger partial charge in [0.05, 0.1) is 24.5 Å². The summed E-state index contributed by atoms with van der Waals surface area (Å²) in [6, 6.07) is 1.76. The van der Waals surface area contributed by atoms with Crippen LogP contribution in [0.3, 0.4) is 0 Å². The molecule has 0 unspecified atom stereocenters. The molecule has 2 bridgehead atoms. The van der Waals surface area contributed by atoms with Crippen molar-refractivity contribution < 1.29 is 33.7 Å². The fraction of sp³-hybridized carbons (Fsp3) is 0.600. The standard InChI is InChI=1S/C20H22O7/c1-18-8-13(10-4-6-25-9-10)26-16(22)11(18)7-14(21)19(2)15(18)12-3-5-20(19,24)17(23)27-12/h3-6,9,11-15,21,24H,7-8H2,1-2H3/t11-,12-,13+,14+,15+,18-,19-,20+/m1/s1. The molecule has 27 heavy (non-hydrogen) atoms. The topological polar surface area (TPSA) is 106 Å². The lowest BCUT2D eigenvalue weighted by Gasteiger charge is -2.67. The number of hydrogen-bond donors (Lipinski definition) is 2. The molecule has 2 N–H and O–H groups in total. The first-order valence-corrected chi connectivity index (χ1v) is 9.25. The van der Waals surface area contributed by atoms with Gasteiger partial charge in [0.1, 0.15) is 12.2 Å². The van der Waals surface area contributed by atoms with Gasteiger partial charge in [0, 0.05) is 16.9 Å². The van der Waals surface area contributed by atoms with Crippen LogP contribution >= 0.6 is 0 Å². The van der Waals surface area contributed by atoms with Gasteiger partial charge in [-0.05, 0) is 36.5 Å². The summed E-state index contributed by atoms with van der Waals surface area (Å²) in [6.07, 6.45) is 4.72. The Morgan fingerprint density at radius 2 is 2.00 bits per heavy atom. The minimum atomic E-state index is -1.91. The molecule has 5 aliphatic rings. The van der Waals surface area contributed by atoms with Crippen molar-refractivity contribution in [3.63, 3.8) is 0 Å². The minimum Gasteiger partial charge on any atom is -0.472 e. The quantitative estimate of drug-likeness (QED) is 0.567. The average molecular weight is 374 g/mol. The molecule has 0 amide bonds. The maximum absolute atomic E-state index is 12.9. The number of carbonyl (C=O) groups is 2. The van der Waals surface area contributed by atoms with Crippen LogP contribution in [0.2, 0.25) is 0 Å². The monoisotopic (exact) mass is 374 g/mol. The molecule has 2 saturated heterocycles. The van der Waals surface area contributed by atoms with Gasteiger partial charge in [0.15, 0.2) is 5.60 Å². The van der Waals surface area contributed by atoms with Gasteiger partial charge in [-0.15, -0.1) is 0 Å². The summed E-state index contributed by atoms with van der Waals surface area (Å²) in [6.45, 7) is 3.71. The normalized spacial score (nSPS) is 50.6. The summed E-state index contributed by atoms with van der Waals surface area (Å²) in [4.78, 5) is 25.3. The van der Waals surface area contributed by atoms with Gasteiger partial charge in [0.25, 0.3) is 0 Å². The third kappa shape index (κ3) is 1.84. The fourth-order valence-corrected chi connectivity index (χ4v) is 6.13. The van der Waals surface area contributed by atoms with Crippen LogP contribution in [0.5, 0.6) is 0 Å². The Hall–Kier alpha value is -2.12. The molecule has 7 nitrogen and oxygen atoms in total. The van der Waals surface area contributed by atoms with E-state index in [1.165, 1.54) is 12.3 Å². The number of fused-ring (bicyclic) bond motifs is 2. The molecule has 1 aromatic heterocycles. The minimum absolute atomic E-state index is 0.136. The number of aliphatic hydroxyl groups is 2. The van der Waals surface area contributed by atoms with Gasteiger partial charge in [-0.2, -0.15) is 0 Å². The number of carbonyl (C=O) groups excluding carboxylic acids is 2. The SMILES string of the molecule is C[C@@]12C[C@@H](c3ccoc3)OC(=O)[C@H]1C[C@H](O)[C@]1(C)[C@H]2[C@H]2C=C[C@]1(O)C(=O)O2. The van der Waals surface area contributed by atoms with Crippen molar-refractivity contribution in [2.24, 2.45) is 22.7 Å². The van der Waals surface area contributed by atoms with E-state index in [9.17, 15) is 19.8 Å². The molecule has 7 heteroatoms. The Morgan fingerprint density at radius 1 is 1.22 bits per heavy atom. The van der Waals surface area contributed by atoms with Crippen LogP contribution in [0.25, 0.3) is 0 Å². The smallest absolute Gasteiger partial charge is 0.343 e. The highest BCUT2D eigenvalue weighted by molar-refractivity contribution is 5.86. The summed E-state index contributed by atoms with van der Waals surface area (Å²) in [7, 11) is 0. The molecule has 6 rings (SSSR count).